The molecule has 132 valence electrons. The van der Waals surface area contributed by atoms with Crippen LogP contribution in [0.4, 0.5) is 0 Å². The summed E-state index contributed by atoms with van der Waals surface area (Å²) in [6.45, 7) is 4.52. The lowest BCUT2D eigenvalue weighted by molar-refractivity contribution is -0.125. The van der Waals surface area contributed by atoms with Gasteiger partial charge in [-0.15, -0.1) is 0 Å². The van der Waals surface area contributed by atoms with Crippen molar-refractivity contribution < 1.29 is 14.3 Å². The Hall–Kier alpha value is -2.08. The van der Waals surface area contributed by atoms with Crippen LogP contribution < -0.4 is 20.7 Å². The average Bonchev–Trinajstić information content (AvgIpc) is 3.37. The molecule has 1 aromatic carbocycles. The number of nitrogens with one attached hydrogen (secondary N) is 3. The largest absolute Gasteiger partial charge is 0.484 e. The van der Waals surface area contributed by atoms with Crippen LogP contribution in [0.15, 0.2) is 24.3 Å². The third-order valence-electron chi connectivity index (χ3n) is 4.01. The number of ether oxygens (including phenoxy) is 1. The molecular formula is C18H27N3O3. The molecule has 2 rings (SSSR count). The predicted octanol–water partition coefficient (Wildman–Crippen LogP) is 1.38. The Morgan fingerprint density at radius 2 is 1.88 bits per heavy atom. The van der Waals surface area contributed by atoms with Crippen LogP contribution in [0.1, 0.15) is 38.3 Å². The van der Waals surface area contributed by atoms with Crippen LogP contribution in [0.2, 0.25) is 0 Å². The zero-order valence-corrected chi connectivity index (χ0v) is 14.6. The molecule has 2 unspecified atom stereocenters. The summed E-state index contributed by atoms with van der Waals surface area (Å²) in [5, 5.41) is 8.87. The van der Waals surface area contributed by atoms with E-state index in [1.807, 2.05) is 45.2 Å². The van der Waals surface area contributed by atoms with Crippen molar-refractivity contribution in [3.05, 3.63) is 29.8 Å². The molecule has 6 nitrogen and oxygen atoms in total. The number of amides is 2. The summed E-state index contributed by atoms with van der Waals surface area (Å²) in [4.78, 5) is 23.6. The van der Waals surface area contributed by atoms with E-state index in [0.717, 1.165) is 18.4 Å². The SMILES string of the molecule is CNCC(C)C(=O)NC(C)c1ccc(OCC(=O)NC2CC2)cc1. The van der Waals surface area contributed by atoms with Crippen LogP contribution in [-0.2, 0) is 9.59 Å². The molecule has 24 heavy (non-hydrogen) atoms. The van der Waals surface area contributed by atoms with Gasteiger partial charge in [0, 0.05) is 18.5 Å². The van der Waals surface area contributed by atoms with E-state index >= 15 is 0 Å². The van der Waals surface area contributed by atoms with Gasteiger partial charge in [-0.05, 0) is 44.5 Å². The summed E-state index contributed by atoms with van der Waals surface area (Å²) in [5.74, 6) is 0.506. The number of hydrogen-bond acceptors (Lipinski definition) is 4. The molecule has 1 aliphatic rings. The van der Waals surface area contributed by atoms with Gasteiger partial charge in [-0.25, -0.2) is 0 Å². The topological polar surface area (TPSA) is 79.5 Å². The quantitative estimate of drug-likeness (QED) is 0.638. The Balaban J connectivity index is 1.79. The Morgan fingerprint density at radius 3 is 2.46 bits per heavy atom. The van der Waals surface area contributed by atoms with E-state index in [4.69, 9.17) is 4.74 Å². The van der Waals surface area contributed by atoms with Gasteiger partial charge in [0.2, 0.25) is 5.91 Å². The van der Waals surface area contributed by atoms with Gasteiger partial charge in [0.1, 0.15) is 5.75 Å². The molecule has 0 bridgehead atoms. The molecule has 1 fully saturated rings. The number of benzene rings is 1. The van der Waals surface area contributed by atoms with E-state index in [-0.39, 0.29) is 30.4 Å². The Labute approximate surface area is 143 Å². The monoisotopic (exact) mass is 333 g/mol. The highest BCUT2D eigenvalue weighted by atomic mass is 16.5. The van der Waals surface area contributed by atoms with Crippen molar-refractivity contribution in [2.24, 2.45) is 5.92 Å². The first-order valence-corrected chi connectivity index (χ1v) is 8.46. The predicted molar refractivity (Wildman–Crippen MR) is 92.8 cm³/mol. The Bertz CT molecular complexity index is 555. The molecule has 0 heterocycles. The van der Waals surface area contributed by atoms with Gasteiger partial charge < -0.3 is 20.7 Å². The smallest absolute Gasteiger partial charge is 0.258 e. The summed E-state index contributed by atoms with van der Waals surface area (Å²) in [6.07, 6.45) is 2.13. The van der Waals surface area contributed by atoms with Crippen LogP contribution in [0.3, 0.4) is 0 Å². The summed E-state index contributed by atoms with van der Waals surface area (Å²) >= 11 is 0. The van der Waals surface area contributed by atoms with Crippen molar-refractivity contribution in [3.63, 3.8) is 0 Å². The number of hydrogen-bond donors (Lipinski definition) is 3. The van der Waals surface area contributed by atoms with Crippen LogP contribution in [0.25, 0.3) is 0 Å². The molecule has 0 spiro atoms. The molecule has 3 N–H and O–H groups in total. The molecular weight excluding hydrogens is 306 g/mol. The van der Waals surface area contributed by atoms with Gasteiger partial charge in [0.25, 0.3) is 5.91 Å². The first-order valence-electron chi connectivity index (χ1n) is 8.46. The van der Waals surface area contributed by atoms with E-state index in [1.165, 1.54) is 0 Å². The van der Waals surface area contributed by atoms with Crippen molar-refractivity contribution in [1.82, 2.24) is 16.0 Å². The number of carbonyl (C=O) groups is 2. The molecule has 2 atom stereocenters. The number of rotatable bonds is 9. The maximum atomic E-state index is 12.0. The minimum absolute atomic E-state index is 0.0222. The average molecular weight is 333 g/mol. The molecule has 0 aromatic heterocycles. The van der Waals surface area contributed by atoms with Crippen LogP contribution in [-0.4, -0.2) is 38.1 Å². The van der Waals surface area contributed by atoms with Crippen molar-refractivity contribution in [3.8, 4) is 5.75 Å². The second-order valence-corrected chi connectivity index (χ2v) is 6.39. The summed E-state index contributed by atoms with van der Waals surface area (Å²) in [5.41, 5.74) is 0.995. The van der Waals surface area contributed by atoms with Crippen molar-refractivity contribution in [1.29, 1.82) is 0 Å². The van der Waals surface area contributed by atoms with Gasteiger partial charge in [0.15, 0.2) is 6.61 Å². The normalized spacial score (nSPS) is 16.1. The van der Waals surface area contributed by atoms with Gasteiger partial charge in [-0.3, -0.25) is 9.59 Å². The fourth-order valence-corrected chi connectivity index (χ4v) is 2.34. The zero-order valence-electron chi connectivity index (χ0n) is 14.6. The molecule has 0 radical (unpaired) electrons. The van der Waals surface area contributed by atoms with E-state index in [2.05, 4.69) is 16.0 Å². The van der Waals surface area contributed by atoms with Crippen molar-refractivity contribution in [2.75, 3.05) is 20.2 Å². The second-order valence-electron chi connectivity index (χ2n) is 6.39. The highest BCUT2D eigenvalue weighted by Crippen LogP contribution is 2.19. The summed E-state index contributed by atoms with van der Waals surface area (Å²) in [7, 11) is 1.83. The van der Waals surface area contributed by atoms with Crippen LogP contribution >= 0.6 is 0 Å². The minimum atomic E-state index is -0.0827. The van der Waals surface area contributed by atoms with Crippen molar-refractivity contribution >= 4 is 11.8 Å². The van der Waals surface area contributed by atoms with E-state index in [1.54, 1.807) is 0 Å². The first kappa shape index (κ1) is 18.3. The lowest BCUT2D eigenvalue weighted by Crippen LogP contribution is -2.35. The van der Waals surface area contributed by atoms with Gasteiger partial charge in [0.05, 0.1) is 6.04 Å². The highest BCUT2D eigenvalue weighted by Gasteiger charge is 2.23. The fourth-order valence-electron chi connectivity index (χ4n) is 2.34. The van der Waals surface area contributed by atoms with Crippen molar-refractivity contribution in [2.45, 2.75) is 38.8 Å². The maximum Gasteiger partial charge on any atom is 0.258 e. The molecule has 1 aromatic rings. The van der Waals surface area contributed by atoms with E-state index in [0.29, 0.717) is 18.3 Å². The molecule has 1 aliphatic carbocycles. The zero-order chi connectivity index (χ0) is 17.5. The Kier molecular flexibility index (Phi) is 6.61. The highest BCUT2D eigenvalue weighted by molar-refractivity contribution is 5.79. The summed E-state index contributed by atoms with van der Waals surface area (Å²) < 4.78 is 5.47. The second kappa shape index (κ2) is 8.68. The summed E-state index contributed by atoms with van der Waals surface area (Å²) in [6, 6.07) is 7.71. The van der Waals surface area contributed by atoms with E-state index < -0.39 is 0 Å². The van der Waals surface area contributed by atoms with E-state index in [9.17, 15) is 9.59 Å². The third kappa shape index (κ3) is 5.85. The van der Waals surface area contributed by atoms with Crippen LogP contribution in [0.5, 0.6) is 5.75 Å². The molecule has 6 heteroatoms. The minimum Gasteiger partial charge on any atom is -0.484 e. The first-order chi connectivity index (χ1) is 11.5. The van der Waals surface area contributed by atoms with Gasteiger partial charge in [-0.1, -0.05) is 19.1 Å². The van der Waals surface area contributed by atoms with Crippen LogP contribution in [0, 0.1) is 5.92 Å². The lowest BCUT2D eigenvalue weighted by atomic mass is 10.1. The standard InChI is InChI=1S/C18H27N3O3/c1-12(10-19-3)18(23)20-13(2)14-4-8-16(9-5-14)24-11-17(22)21-15-6-7-15/h4-5,8-9,12-13,15,19H,6-7,10-11H2,1-3H3,(H,20,23)(H,21,22). The third-order valence-corrected chi connectivity index (χ3v) is 4.01. The molecule has 0 aliphatic heterocycles. The maximum absolute atomic E-state index is 12.0. The number of carbonyl (C=O) groups excluding carboxylic acids is 2. The Morgan fingerprint density at radius 1 is 1.21 bits per heavy atom. The van der Waals surface area contributed by atoms with Gasteiger partial charge >= 0.3 is 0 Å². The lowest BCUT2D eigenvalue weighted by Gasteiger charge is -2.18. The molecule has 1 saturated carbocycles. The molecule has 0 saturated heterocycles. The molecule has 2 amide bonds. The fraction of sp³-hybridized carbons (Fsp3) is 0.556. The van der Waals surface area contributed by atoms with Gasteiger partial charge in [-0.2, -0.15) is 0 Å².